The third kappa shape index (κ3) is 4.86. The summed E-state index contributed by atoms with van der Waals surface area (Å²) in [5.41, 5.74) is 7.37. The van der Waals surface area contributed by atoms with Crippen LogP contribution in [0, 0.1) is 11.3 Å². The smallest absolute Gasteiger partial charge is 0.278 e. The van der Waals surface area contributed by atoms with Crippen LogP contribution in [0.1, 0.15) is 44.6 Å². The molecule has 2 aromatic rings. The molecule has 154 valence electrons. The molecule has 0 saturated carbocycles. The summed E-state index contributed by atoms with van der Waals surface area (Å²) in [5.74, 6) is 0.800. The molecule has 0 radical (unpaired) electrons. The lowest BCUT2D eigenvalue weighted by Crippen LogP contribution is -2.54. The zero-order valence-corrected chi connectivity index (χ0v) is 17.9. The Labute approximate surface area is 173 Å². The molecule has 2 N–H and O–H groups in total. The Morgan fingerprint density at radius 3 is 2.61 bits per heavy atom. The van der Waals surface area contributed by atoms with Crippen LogP contribution in [0.2, 0.25) is 0 Å². The fourth-order valence-electron chi connectivity index (χ4n) is 3.28. The highest BCUT2D eigenvalue weighted by molar-refractivity contribution is 5.95. The molecule has 1 saturated heterocycles. The van der Waals surface area contributed by atoms with Gasteiger partial charge in [-0.2, -0.15) is 5.10 Å². The molecule has 7 heteroatoms. The minimum Gasteiger partial charge on any atom is -0.489 e. The first-order valence-electron chi connectivity index (χ1n) is 9.60. The molecule has 3 rings (SSSR count). The monoisotopic (exact) mass is 406 g/mol. The molecule has 1 aromatic carbocycles. The summed E-state index contributed by atoms with van der Waals surface area (Å²) < 4.78 is 7.64. The van der Waals surface area contributed by atoms with E-state index in [1.165, 1.54) is 0 Å². The van der Waals surface area contributed by atoms with Crippen LogP contribution in [0.5, 0.6) is 5.75 Å². The molecule has 0 spiro atoms. The van der Waals surface area contributed by atoms with Crippen molar-refractivity contribution in [2.75, 3.05) is 19.7 Å². The van der Waals surface area contributed by atoms with E-state index < -0.39 is 0 Å². The van der Waals surface area contributed by atoms with E-state index in [0.29, 0.717) is 37.1 Å². The Kier molecular flexibility index (Phi) is 7.12. The molecule has 0 bridgehead atoms. The van der Waals surface area contributed by atoms with Gasteiger partial charge in [0.25, 0.3) is 5.91 Å². The lowest BCUT2D eigenvalue weighted by atomic mass is 9.79. The summed E-state index contributed by atoms with van der Waals surface area (Å²) in [4.78, 5) is 15.1. The van der Waals surface area contributed by atoms with Gasteiger partial charge in [0.2, 0.25) is 0 Å². The molecule has 1 aromatic heterocycles. The molecular formula is C21H31ClN4O2. The number of benzene rings is 1. The molecule has 1 aliphatic heterocycles. The Bertz CT molecular complexity index is 789. The third-order valence-corrected chi connectivity index (χ3v) is 5.08. The average molecular weight is 407 g/mol. The SMILES string of the molecule is CC(C)COc1cn(-c2ccccc2)nc1C(=O)N1CCC(N)C(C)(C)C1.Cl. The van der Waals surface area contributed by atoms with Gasteiger partial charge >= 0.3 is 0 Å². The van der Waals surface area contributed by atoms with Crippen LogP contribution in [0.3, 0.4) is 0 Å². The largest absolute Gasteiger partial charge is 0.489 e. The van der Waals surface area contributed by atoms with Gasteiger partial charge in [-0.3, -0.25) is 4.79 Å². The van der Waals surface area contributed by atoms with Gasteiger partial charge in [-0.1, -0.05) is 45.9 Å². The van der Waals surface area contributed by atoms with Crippen molar-refractivity contribution in [1.82, 2.24) is 14.7 Å². The standard InChI is InChI=1S/C21H30N4O2.ClH/c1-15(2)13-27-17-12-25(16-8-6-5-7-9-16)23-19(17)20(26)24-11-10-18(22)21(3,4)14-24;/h5-9,12,15,18H,10-11,13-14,22H2,1-4H3;1H. The van der Waals surface area contributed by atoms with Crippen LogP contribution in [0.15, 0.2) is 36.5 Å². The summed E-state index contributed by atoms with van der Waals surface area (Å²) >= 11 is 0. The number of carbonyl (C=O) groups excluding carboxylic acids is 1. The van der Waals surface area contributed by atoms with Gasteiger partial charge in [0, 0.05) is 19.1 Å². The number of carbonyl (C=O) groups is 1. The van der Waals surface area contributed by atoms with Crippen LogP contribution < -0.4 is 10.5 Å². The number of halogens is 1. The zero-order valence-electron chi connectivity index (χ0n) is 17.1. The van der Waals surface area contributed by atoms with Crippen LogP contribution in [-0.4, -0.2) is 46.3 Å². The molecule has 1 aliphatic rings. The van der Waals surface area contributed by atoms with Gasteiger partial charge in [-0.25, -0.2) is 4.68 Å². The summed E-state index contributed by atoms with van der Waals surface area (Å²) in [5, 5.41) is 4.57. The van der Waals surface area contributed by atoms with Crippen LogP contribution in [-0.2, 0) is 0 Å². The maximum absolute atomic E-state index is 13.2. The number of hydrogen-bond acceptors (Lipinski definition) is 4. The normalized spacial score (nSPS) is 18.6. The summed E-state index contributed by atoms with van der Waals surface area (Å²) in [7, 11) is 0. The van der Waals surface area contributed by atoms with Crippen molar-refractivity contribution >= 4 is 18.3 Å². The number of para-hydroxylation sites is 1. The first-order valence-corrected chi connectivity index (χ1v) is 9.60. The van der Waals surface area contributed by atoms with Crippen LogP contribution in [0.25, 0.3) is 5.69 Å². The van der Waals surface area contributed by atoms with Gasteiger partial charge in [0.05, 0.1) is 18.5 Å². The predicted molar refractivity (Wildman–Crippen MR) is 113 cm³/mol. The van der Waals surface area contributed by atoms with E-state index in [9.17, 15) is 4.79 Å². The van der Waals surface area contributed by atoms with E-state index in [4.69, 9.17) is 10.5 Å². The van der Waals surface area contributed by atoms with E-state index in [1.54, 1.807) is 10.9 Å². The van der Waals surface area contributed by atoms with Gasteiger partial charge in [-0.05, 0) is 29.9 Å². The lowest BCUT2D eigenvalue weighted by molar-refractivity contribution is 0.0522. The lowest BCUT2D eigenvalue weighted by Gasteiger charge is -2.42. The number of aromatic nitrogens is 2. The predicted octanol–water partition coefficient (Wildman–Crippen LogP) is 3.53. The number of nitrogens with two attached hydrogens (primary N) is 1. The fourth-order valence-corrected chi connectivity index (χ4v) is 3.28. The summed E-state index contributed by atoms with van der Waals surface area (Å²) in [6, 6.07) is 9.85. The highest BCUT2D eigenvalue weighted by atomic mass is 35.5. The van der Waals surface area contributed by atoms with Gasteiger partial charge in [0.15, 0.2) is 11.4 Å². The Morgan fingerprint density at radius 2 is 2.00 bits per heavy atom. The maximum atomic E-state index is 13.2. The number of piperidine rings is 1. The van der Waals surface area contributed by atoms with Crippen molar-refractivity contribution < 1.29 is 9.53 Å². The van der Waals surface area contributed by atoms with Crippen LogP contribution >= 0.6 is 12.4 Å². The molecule has 0 aliphatic carbocycles. The van der Waals surface area contributed by atoms with E-state index in [2.05, 4.69) is 32.8 Å². The first kappa shape index (κ1) is 22.2. The number of ether oxygens (including phenoxy) is 1. The van der Waals surface area contributed by atoms with E-state index in [0.717, 1.165) is 12.1 Å². The van der Waals surface area contributed by atoms with E-state index in [1.807, 2.05) is 35.2 Å². The highest BCUT2D eigenvalue weighted by Gasteiger charge is 2.37. The van der Waals surface area contributed by atoms with E-state index in [-0.39, 0.29) is 29.8 Å². The topological polar surface area (TPSA) is 73.4 Å². The molecule has 2 heterocycles. The number of amides is 1. The molecule has 6 nitrogen and oxygen atoms in total. The van der Waals surface area contributed by atoms with Crippen molar-refractivity contribution in [2.24, 2.45) is 17.1 Å². The highest BCUT2D eigenvalue weighted by Crippen LogP contribution is 2.30. The third-order valence-electron chi connectivity index (χ3n) is 5.08. The number of likely N-dealkylation sites (tertiary alicyclic amines) is 1. The van der Waals surface area contributed by atoms with Gasteiger partial charge < -0.3 is 15.4 Å². The first-order chi connectivity index (χ1) is 12.8. The Hall–Kier alpha value is -2.05. The van der Waals surface area contributed by atoms with Crippen molar-refractivity contribution in [3.05, 3.63) is 42.2 Å². The molecule has 28 heavy (non-hydrogen) atoms. The average Bonchev–Trinajstić information content (AvgIpc) is 3.06. The molecule has 1 fully saturated rings. The summed E-state index contributed by atoms with van der Waals surface area (Å²) in [6.45, 7) is 10.2. The minimum absolute atomic E-state index is 0. The Balaban J connectivity index is 0.00000280. The van der Waals surface area contributed by atoms with E-state index >= 15 is 0 Å². The fraction of sp³-hybridized carbons (Fsp3) is 0.524. The number of hydrogen-bond donors (Lipinski definition) is 1. The van der Waals surface area contributed by atoms with Gasteiger partial charge in [-0.15, -0.1) is 12.4 Å². The summed E-state index contributed by atoms with van der Waals surface area (Å²) in [6.07, 6.45) is 2.59. The second-order valence-electron chi connectivity index (χ2n) is 8.44. The zero-order chi connectivity index (χ0) is 19.6. The van der Waals surface area contributed by atoms with Crippen LogP contribution in [0.4, 0.5) is 0 Å². The van der Waals surface area contributed by atoms with Crippen molar-refractivity contribution in [1.29, 1.82) is 0 Å². The maximum Gasteiger partial charge on any atom is 0.278 e. The Morgan fingerprint density at radius 1 is 1.32 bits per heavy atom. The molecular weight excluding hydrogens is 376 g/mol. The molecule has 1 atom stereocenters. The number of rotatable bonds is 5. The second-order valence-corrected chi connectivity index (χ2v) is 8.44. The molecule has 1 unspecified atom stereocenters. The number of nitrogens with zero attached hydrogens (tertiary/aromatic N) is 3. The quantitative estimate of drug-likeness (QED) is 0.824. The van der Waals surface area contributed by atoms with Crippen molar-refractivity contribution in [2.45, 2.75) is 40.2 Å². The minimum atomic E-state index is -0.116. The second kappa shape index (κ2) is 8.97. The van der Waals surface area contributed by atoms with Crippen molar-refractivity contribution in [3.63, 3.8) is 0 Å². The van der Waals surface area contributed by atoms with Crippen molar-refractivity contribution in [3.8, 4) is 11.4 Å². The molecule has 1 amide bonds. The van der Waals surface area contributed by atoms with Gasteiger partial charge in [0.1, 0.15) is 0 Å².